The van der Waals surface area contributed by atoms with E-state index in [1.54, 1.807) is 12.1 Å². The van der Waals surface area contributed by atoms with Gasteiger partial charge in [0, 0.05) is 5.56 Å². The van der Waals surface area contributed by atoms with Gasteiger partial charge in [0.15, 0.2) is 17.3 Å². The number of rotatable bonds is 4. The normalized spacial score (nSPS) is 10.9. The number of H-pyrrole nitrogens is 1. The molecular formula is C19H15N5O3. The SMILES string of the molecule is Cc1ccccc1-n1c(=O)[nH]c2c(NC=O)nc(-c3cccc(O)c3)nc21. The summed E-state index contributed by atoms with van der Waals surface area (Å²) in [5.41, 5.74) is 2.37. The van der Waals surface area contributed by atoms with Crippen LogP contribution in [-0.4, -0.2) is 31.0 Å². The molecule has 0 aliphatic heterocycles. The number of para-hydroxylation sites is 1. The Hall–Kier alpha value is -3.94. The van der Waals surface area contributed by atoms with Gasteiger partial charge in [-0.25, -0.2) is 19.3 Å². The number of aromatic hydroxyl groups is 1. The van der Waals surface area contributed by atoms with E-state index in [4.69, 9.17) is 0 Å². The number of aromatic amines is 1. The summed E-state index contributed by atoms with van der Waals surface area (Å²) in [6.45, 7) is 1.89. The van der Waals surface area contributed by atoms with Crippen molar-refractivity contribution in [1.82, 2.24) is 19.5 Å². The van der Waals surface area contributed by atoms with Crippen molar-refractivity contribution >= 4 is 23.4 Å². The first kappa shape index (κ1) is 16.5. The summed E-state index contributed by atoms with van der Waals surface area (Å²) in [5.74, 6) is 0.508. The summed E-state index contributed by atoms with van der Waals surface area (Å²) < 4.78 is 1.44. The lowest BCUT2D eigenvalue weighted by molar-refractivity contribution is -0.105. The van der Waals surface area contributed by atoms with Crippen LogP contribution in [0.25, 0.3) is 28.2 Å². The van der Waals surface area contributed by atoms with Crippen molar-refractivity contribution in [3.8, 4) is 22.8 Å². The van der Waals surface area contributed by atoms with Crippen molar-refractivity contribution in [3.05, 3.63) is 64.6 Å². The molecule has 0 unspecified atom stereocenters. The number of aryl methyl sites for hydroxylation is 1. The second-order valence-corrected chi connectivity index (χ2v) is 5.96. The van der Waals surface area contributed by atoms with E-state index in [9.17, 15) is 14.7 Å². The number of amides is 1. The first-order valence-electron chi connectivity index (χ1n) is 8.17. The van der Waals surface area contributed by atoms with Crippen LogP contribution < -0.4 is 11.0 Å². The first-order chi connectivity index (χ1) is 13.1. The minimum Gasteiger partial charge on any atom is -0.508 e. The number of nitrogens with one attached hydrogen (secondary N) is 2. The fraction of sp³-hybridized carbons (Fsp3) is 0.0526. The Labute approximate surface area is 153 Å². The molecule has 0 aliphatic carbocycles. The van der Waals surface area contributed by atoms with Crippen LogP contribution in [0.3, 0.4) is 0 Å². The smallest absolute Gasteiger partial charge is 0.332 e. The summed E-state index contributed by atoms with van der Waals surface area (Å²) in [6, 6.07) is 13.8. The van der Waals surface area contributed by atoms with Crippen LogP contribution in [0.4, 0.5) is 5.82 Å². The zero-order valence-electron chi connectivity index (χ0n) is 14.3. The van der Waals surface area contributed by atoms with E-state index in [0.717, 1.165) is 5.56 Å². The van der Waals surface area contributed by atoms with E-state index in [-0.39, 0.29) is 17.4 Å². The van der Waals surface area contributed by atoms with Gasteiger partial charge in [-0.1, -0.05) is 30.3 Å². The number of hydrogen-bond donors (Lipinski definition) is 3. The standard InChI is InChI=1S/C19H15N5O3/c1-11-5-2-3-8-14(11)24-18-15(21-19(24)27)17(20-10-25)22-16(23-18)12-6-4-7-13(26)9-12/h2-10,26H,1H3,(H,21,27)(H,20,22,23,25). The molecule has 134 valence electrons. The molecule has 8 nitrogen and oxygen atoms in total. The fourth-order valence-electron chi connectivity index (χ4n) is 2.96. The van der Waals surface area contributed by atoms with Gasteiger partial charge in [0.25, 0.3) is 0 Å². The van der Waals surface area contributed by atoms with Crippen molar-refractivity contribution in [1.29, 1.82) is 0 Å². The zero-order valence-corrected chi connectivity index (χ0v) is 14.3. The number of benzene rings is 2. The average molecular weight is 361 g/mol. The van der Waals surface area contributed by atoms with Crippen LogP contribution in [0, 0.1) is 6.92 Å². The molecule has 27 heavy (non-hydrogen) atoms. The molecule has 0 atom stereocenters. The predicted molar refractivity (Wildman–Crippen MR) is 101 cm³/mol. The third-order valence-corrected chi connectivity index (χ3v) is 4.19. The van der Waals surface area contributed by atoms with E-state index in [2.05, 4.69) is 20.3 Å². The summed E-state index contributed by atoms with van der Waals surface area (Å²) in [4.78, 5) is 35.2. The van der Waals surface area contributed by atoms with E-state index in [1.165, 1.54) is 16.7 Å². The molecule has 0 saturated carbocycles. The Morgan fingerprint density at radius 2 is 1.96 bits per heavy atom. The van der Waals surface area contributed by atoms with Crippen LogP contribution in [0.15, 0.2) is 53.3 Å². The number of imidazole rings is 1. The molecule has 2 heterocycles. The maximum atomic E-state index is 12.6. The maximum absolute atomic E-state index is 12.6. The molecule has 0 fully saturated rings. The number of carbonyl (C=O) groups is 1. The summed E-state index contributed by atoms with van der Waals surface area (Å²) in [6.07, 6.45) is 0.484. The molecule has 0 spiro atoms. The molecule has 0 bridgehead atoms. The third-order valence-electron chi connectivity index (χ3n) is 4.19. The molecule has 0 aliphatic rings. The van der Waals surface area contributed by atoms with Crippen molar-refractivity contribution < 1.29 is 9.90 Å². The van der Waals surface area contributed by atoms with E-state index in [0.29, 0.717) is 28.8 Å². The third kappa shape index (κ3) is 2.82. The molecule has 0 radical (unpaired) electrons. The van der Waals surface area contributed by atoms with Crippen molar-refractivity contribution in [2.24, 2.45) is 0 Å². The molecule has 0 saturated heterocycles. The highest BCUT2D eigenvalue weighted by molar-refractivity contribution is 5.90. The monoisotopic (exact) mass is 361 g/mol. The van der Waals surface area contributed by atoms with Crippen LogP contribution in [-0.2, 0) is 4.79 Å². The van der Waals surface area contributed by atoms with Crippen LogP contribution >= 0.6 is 0 Å². The van der Waals surface area contributed by atoms with Crippen molar-refractivity contribution in [2.45, 2.75) is 6.92 Å². The minimum atomic E-state index is -0.393. The largest absolute Gasteiger partial charge is 0.508 e. The number of anilines is 1. The topological polar surface area (TPSA) is 113 Å². The Morgan fingerprint density at radius 3 is 2.70 bits per heavy atom. The number of hydrogen-bond acceptors (Lipinski definition) is 5. The molecule has 1 amide bonds. The molecule has 2 aromatic heterocycles. The van der Waals surface area contributed by atoms with Crippen LogP contribution in [0.2, 0.25) is 0 Å². The first-order valence-corrected chi connectivity index (χ1v) is 8.17. The van der Waals surface area contributed by atoms with E-state index in [1.807, 2.05) is 31.2 Å². The molecular weight excluding hydrogens is 346 g/mol. The number of carbonyl (C=O) groups excluding carboxylic acids is 1. The van der Waals surface area contributed by atoms with Crippen molar-refractivity contribution in [2.75, 3.05) is 5.32 Å². The van der Waals surface area contributed by atoms with E-state index < -0.39 is 5.69 Å². The molecule has 8 heteroatoms. The summed E-state index contributed by atoms with van der Waals surface area (Å²) in [7, 11) is 0. The quantitative estimate of drug-likeness (QED) is 0.483. The van der Waals surface area contributed by atoms with Gasteiger partial charge in [0.2, 0.25) is 6.41 Å². The highest BCUT2D eigenvalue weighted by atomic mass is 16.3. The zero-order chi connectivity index (χ0) is 19.0. The Bertz CT molecular complexity index is 1230. The van der Waals surface area contributed by atoms with Gasteiger partial charge in [-0.05, 0) is 30.7 Å². The van der Waals surface area contributed by atoms with Crippen LogP contribution in [0.1, 0.15) is 5.56 Å². The Morgan fingerprint density at radius 1 is 1.15 bits per heavy atom. The lowest BCUT2D eigenvalue weighted by Gasteiger charge is -2.09. The maximum Gasteiger partial charge on any atom is 0.332 e. The highest BCUT2D eigenvalue weighted by Crippen LogP contribution is 2.26. The second-order valence-electron chi connectivity index (χ2n) is 5.96. The lowest BCUT2D eigenvalue weighted by atomic mass is 10.2. The number of phenols is 1. The highest BCUT2D eigenvalue weighted by Gasteiger charge is 2.18. The second kappa shape index (κ2) is 6.41. The van der Waals surface area contributed by atoms with Crippen molar-refractivity contribution in [3.63, 3.8) is 0 Å². The summed E-state index contributed by atoms with van der Waals surface area (Å²) in [5, 5.41) is 12.2. The molecule has 2 aromatic carbocycles. The average Bonchev–Trinajstić information content (AvgIpc) is 2.98. The van der Waals surface area contributed by atoms with Gasteiger partial charge in [0.1, 0.15) is 11.3 Å². The van der Waals surface area contributed by atoms with Gasteiger partial charge in [-0.15, -0.1) is 0 Å². The van der Waals surface area contributed by atoms with Gasteiger partial charge >= 0.3 is 5.69 Å². The minimum absolute atomic E-state index is 0.0615. The number of phenolic OH excluding ortho intramolecular Hbond substituents is 1. The Kier molecular flexibility index (Phi) is 3.92. The van der Waals surface area contributed by atoms with E-state index >= 15 is 0 Å². The lowest BCUT2D eigenvalue weighted by Crippen LogP contribution is -2.16. The predicted octanol–water partition coefficient (Wildman–Crippen LogP) is 2.36. The number of fused-ring (bicyclic) bond motifs is 1. The Balaban J connectivity index is 2.06. The van der Waals surface area contributed by atoms with Gasteiger partial charge in [0.05, 0.1) is 5.69 Å². The summed E-state index contributed by atoms with van der Waals surface area (Å²) >= 11 is 0. The van der Waals surface area contributed by atoms with Gasteiger partial charge in [-0.3, -0.25) is 4.79 Å². The molecule has 3 N–H and O–H groups in total. The fourth-order valence-corrected chi connectivity index (χ4v) is 2.96. The number of nitrogens with zero attached hydrogens (tertiary/aromatic N) is 3. The van der Waals surface area contributed by atoms with Gasteiger partial charge < -0.3 is 15.4 Å². The molecule has 4 aromatic rings. The molecule has 4 rings (SSSR count). The van der Waals surface area contributed by atoms with Gasteiger partial charge in [-0.2, -0.15) is 0 Å². The number of aromatic nitrogens is 4. The van der Waals surface area contributed by atoms with Crippen LogP contribution in [0.5, 0.6) is 5.75 Å².